The average Bonchev–Trinajstić information content (AvgIpc) is 2.84. The molecule has 118 valence electrons. The van der Waals surface area contributed by atoms with Crippen molar-refractivity contribution in [2.45, 2.75) is 33.6 Å². The van der Waals surface area contributed by atoms with E-state index >= 15 is 0 Å². The molecule has 0 fully saturated rings. The number of rotatable bonds is 4. The van der Waals surface area contributed by atoms with Gasteiger partial charge in [0, 0.05) is 24.0 Å². The Kier molecular flexibility index (Phi) is 4.15. The number of para-hydroxylation sites is 1. The molecule has 0 atom stereocenters. The predicted molar refractivity (Wildman–Crippen MR) is 92.8 cm³/mol. The molecule has 1 aromatic carbocycles. The molecule has 1 N–H and O–H groups in total. The second kappa shape index (κ2) is 6.24. The van der Waals surface area contributed by atoms with Crippen LogP contribution in [0.15, 0.2) is 42.6 Å². The van der Waals surface area contributed by atoms with Crippen molar-refractivity contribution in [1.29, 1.82) is 0 Å². The van der Waals surface area contributed by atoms with Crippen LogP contribution in [0, 0.1) is 20.8 Å². The summed E-state index contributed by atoms with van der Waals surface area (Å²) in [4.78, 5) is 16.9. The van der Waals surface area contributed by atoms with Crippen molar-refractivity contribution in [3.63, 3.8) is 0 Å². The van der Waals surface area contributed by atoms with Crippen LogP contribution in [0.2, 0.25) is 0 Å². The van der Waals surface area contributed by atoms with Crippen molar-refractivity contribution in [2.75, 3.05) is 5.32 Å². The maximum atomic E-state index is 12.3. The lowest BCUT2D eigenvalue weighted by Gasteiger charge is -2.11. The quantitative estimate of drug-likeness (QED) is 0.796. The van der Waals surface area contributed by atoms with Gasteiger partial charge in [-0.3, -0.25) is 4.79 Å². The highest BCUT2D eigenvalue weighted by Gasteiger charge is 2.12. The number of imidazole rings is 1. The minimum atomic E-state index is 0.0349. The maximum Gasteiger partial charge on any atom is 0.224 e. The van der Waals surface area contributed by atoms with Gasteiger partial charge in [-0.05, 0) is 50.5 Å². The Morgan fingerprint density at radius 1 is 1.09 bits per heavy atom. The van der Waals surface area contributed by atoms with Gasteiger partial charge >= 0.3 is 0 Å². The molecular weight excluding hydrogens is 286 g/mol. The van der Waals surface area contributed by atoms with Crippen molar-refractivity contribution in [2.24, 2.45) is 0 Å². The number of benzene rings is 1. The van der Waals surface area contributed by atoms with Crippen LogP contribution >= 0.6 is 0 Å². The summed E-state index contributed by atoms with van der Waals surface area (Å²) in [5.41, 5.74) is 6.10. The van der Waals surface area contributed by atoms with E-state index in [1.807, 2.05) is 63.4 Å². The fraction of sp³-hybridized carbons (Fsp3) is 0.263. The zero-order valence-electron chi connectivity index (χ0n) is 13.8. The number of hydrogen-bond acceptors (Lipinski definition) is 2. The third-order valence-corrected chi connectivity index (χ3v) is 4.16. The molecule has 0 radical (unpaired) electrons. The van der Waals surface area contributed by atoms with E-state index in [0.717, 1.165) is 33.8 Å². The van der Waals surface area contributed by atoms with Crippen molar-refractivity contribution >= 4 is 17.2 Å². The number of carbonyl (C=O) groups excluding carboxylic acids is 1. The van der Waals surface area contributed by atoms with Crippen LogP contribution < -0.4 is 5.32 Å². The van der Waals surface area contributed by atoms with Crippen LogP contribution in [-0.4, -0.2) is 15.3 Å². The summed E-state index contributed by atoms with van der Waals surface area (Å²) < 4.78 is 2.06. The third kappa shape index (κ3) is 3.11. The van der Waals surface area contributed by atoms with Gasteiger partial charge in [-0.15, -0.1) is 0 Å². The number of aryl methyl sites for hydroxylation is 4. The Balaban J connectivity index is 1.73. The molecule has 0 unspecified atom stereocenters. The summed E-state index contributed by atoms with van der Waals surface area (Å²) in [6, 6.07) is 12.0. The minimum Gasteiger partial charge on any atom is -0.326 e. The van der Waals surface area contributed by atoms with E-state index in [2.05, 4.69) is 14.7 Å². The molecule has 2 heterocycles. The first-order chi connectivity index (χ1) is 11.1. The van der Waals surface area contributed by atoms with Crippen LogP contribution in [0.1, 0.15) is 28.9 Å². The number of nitrogens with one attached hydrogen (secondary N) is 1. The van der Waals surface area contributed by atoms with Gasteiger partial charge in [0.15, 0.2) is 0 Å². The summed E-state index contributed by atoms with van der Waals surface area (Å²) in [6.45, 7) is 6.01. The van der Waals surface area contributed by atoms with Crippen LogP contribution in [-0.2, 0) is 11.2 Å². The largest absolute Gasteiger partial charge is 0.326 e. The molecule has 0 saturated heterocycles. The number of aromatic nitrogens is 2. The van der Waals surface area contributed by atoms with E-state index in [1.165, 1.54) is 0 Å². The zero-order valence-corrected chi connectivity index (χ0v) is 13.8. The standard InChI is InChI=1S/C19H21N3O/c1-13-7-6-8-14(2)19(13)21-18(23)11-10-16-15(3)20-17-9-4-5-12-22(16)17/h4-9,12H,10-11H2,1-3H3,(H,21,23). The van der Waals surface area contributed by atoms with E-state index in [1.54, 1.807) is 0 Å². The van der Waals surface area contributed by atoms with Crippen LogP contribution in [0.5, 0.6) is 0 Å². The van der Waals surface area contributed by atoms with Crippen LogP contribution in [0.3, 0.4) is 0 Å². The Hall–Kier alpha value is -2.62. The van der Waals surface area contributed by atoms with E-state index in [0.29, 0.717) is 12.8 Å². The summed E-state index contributed by atoms with van der Waals surface area (Å²) in [6.07, 6.45) is 3.11. The van der Waals surface area contributed by atoms with Gasteiger partial charge < -0.3 is 9.72 Å². The summed E-state index contributed by atoms with van der Waals surface area (Å²) in [7, 11) is 0. The minimum absolute atomic E-state index is 0.0349. The molecular formula is C19H21N3O. The highest BCUT2D eigenvalue weighted by Crippen LogP contribution is 2.20. The molecule has 3 aromatic rings. The number of nitrogens with zero attached hydrogens (tertiary/aromatic N) is 2. The number of hydrogen-bond donors (Lipinski definition) is 1. The van der Waals surface area contributed by atoms with Crippen LogP contribution in [0.25, 0.3) is 5.65 Å². The van der Waals surface area contributed by atoms with Crippen molar-refractivity contribution in [3.8, 4) is 0 Å². The van der Waals surface area contributed by atoms with Gasteiger partial charge in [-0.1, -0.05) is 24.3 Å². The maximum absolute atomic E-state index is 12.3. The molecule has 0 bridgehead atoms. The van der Waals surface area contributed by atoms with E-state index in [-0.39, 0.29) is 5.91 Å². The fourth-order valence-electron chi connectivity index (χ4n) is 2.91. The monoisotopic (exact) mass is 307 g/mol. The predicted octanol–water partition coefficient (Wildman–Crippen LogP) is 3.83. The van der Waals surface area contributed by atoms with Gasteiger partial charge in [0.2, 0.25) is 5.91 Å². The molecule has 0 aliphatic heterocycles. The number of fused-ring (bicyclic) bond motifs is 1. The molecule has 1 amide bonds. The summed E-state index contributed by atoms with van der Waals surface area (Å²) >= 11 is 0. The highest BCUT2D eigenvalue weighted by molar-refractivity contribution is 5.92. The molecule has 23 heavy (non-hydrogen) atoms. The van der Waals surface area contributed by atoms with Gasteiger partial charge in [0.25, 0.3) is 0 Å². The number of pyridine rings is 1. The number of anilines is 1. The van der Waals surface area contributed by atoms with Gasteiger partial charge in [-0.2, -0.15) is 0 Å². The molecule has 0 aliphatic rings. The first-order valence-electron chi connectivity index (χ1n) is 7.85. The Morgan fingerprint density at radius 3 is 2.57 bits per heavy atom. The van der Waals surface area contributed by atoms with Crippen molar-refractivity contribution < 1.29 is 4.79 Å². The topological polar surface area (TPSA) is 46.4 Å². The Morgan fingerprint density at radius 2 is 1.83 bits per heavy atom. The van der Waals surface area contributed by atoms with Crippen LogP contribution in [0.4, 0.5) is 5.69 Å². The molecule has 0 aliphatic carbocycles. The lowest BCUT2D eigenvalue weighted by atomic mass is 10.1. The molecule has 0 saturated carbocycles. The molecule has 4 heteroatoms. The Bertz CT molecular complexity index is 844. The molecule has 3 rings (SSSR count). The fourth-order valence-corrected chi connectivity index (χ4v) is 2.91. The van der Waals surface area contributed by atoms with E-state index < -0.39 is 0 Å². The summed E-state index contributed by atoms with van der Waals surface area (Å²) in [5, 5.41) is 3.04. The first-order valence-corrected chi connectivity index (χ1v) is 7.85. The van der Waals surface area contributed by atoms with E-state index in [9.17, 15) is 4.79 Å². The zero-order chi connectivity index (χ0) is 16.4. The third-order valence-electron chi connectivity index (χ3n) is 4.16. The molecule has 0 spiro atoms. The second-order valence-corrected chi connectivity index (χ2v) is 5.89. The highest BCUT2D eigenvalue weighted by atomic mass is 16.1. The lowest BCUT2D eigenvalue weighted by Crippen LogP contribution is -2.14. The molecule has 2 aromatic heterocycles. The summed E-state index contributed by atoms with van der Waals surface area (Å²) in [5.74, 6) is 0.0349. The lowest BCUT2D eigenvalue weighted by molar-refractivity contribution is -0.116. The number of carbonyl (C=O) groups is 1. The van der Waals surface area contributed by atoms with Crippen molar-refractivity contribution in [3.05, 3.63) is 65.1 Å². The van der Waals surface area contributed by atoms with Gasteiger partial charge in [-0.25, -0.2) is 4.98 Å². The van der Waals surface area contributed by atoms with Gasteiger partial charge in [0.1, 0.15) is 5.65 Å². The van der Waals surface area contributed by atoms with Gasteiger partial charge in [0.05, 0.1) is 5.69 Å². The first kappa shape index (κ1) is 15.3. The van der Waals surface area contributed by atoms with E-state index in [4.69, 9.17) is 0 Å². The Labute approximate surface area is 136 Å². The SMILES string of the molecule is Cc1cccc(C)c1NC(=O)CCc1c(C)nc2ccccn12. The molecule has 4 nitrogen and oxygen atoms in total. The normalized spacial score (nSPS) is 10.9. The average molecular weight is 307 g/mol. The smallest absolute Gasteiger partial charge is 0.224 e. The second-order valence-electron chi connectivity index (χ2n) is 5.89. The number of amides is 1. The van der Waals surface area contributed by atoms with Crippen molar-refractivity contribution in [1.82, 2.24) is 9.38 Å².